The van der Waals surface area contributed by atoms with Gasteiger partial charge in [-0.25, -0.2) is 0 Å². The molecule has 0 amide bonds. The number of aliphatic hydroxyl groups is 1. The topological polar surface area (TPSA) is 45.5 Å². The van der Waals surface area contributed by atoms with E-state index in [-0.39, 0.29) is 5.41 Å². The van der Waals surface area contributed by atoms with Crippen LogP contribution in [0.25, 0.3) is 0 Å². The molecule has 0 aromatic carbocycles. The summed E-state index contributed by atoms with van der Waals surface area (Å²) in [6.45, 7) is 7.06. The van der Waals surface area contributed by atoms with Gasteiger partial charge in [0, 0.05) is 11.9 Å². The van der Waals surface area contributed by atoms with Gasteiger partial charge < -0.3 is 5.11 Å². The molecule has 1 heterocycles. The first-order chi connectivity index (χ1) is 8.92. The molecule has 0 spiro atoms. The Morgan fingerprint density at radius 2 is 2.16 bits per heavy atom. The number of pyridine rings is 1. The van der Waals surface area contributed by atoms with Crippen molar-refractivity contribution in [1.29, 1.82) is 0 Å². The molecule has 1 aromatic heterocycles. The number of aliphatic imine (C=N–C) groups is 1. The average Bonchev–Trinajstić information content (AvgIpc) is 2.37. The number of rotatable bonds is 2. The first kappa shape index (κ1) is 12.8. The molecule has 0 aliphatic heterocycles. The van der Waals surface area contributed by atoms with Gasteiger partial charge in [-0.2, -0.15) is 0 Å². The van der Waals surface area contributed by atoms with Crippen LogP contribution in [0.3, 0.4) is 0 Å². The van der Waals surface area contributed by atoms with Gasteiger partial charge in [0.2, 0.25) is 0 Å². The number of hydrogen-bond donors (Lipinski definition) is 1. The zero-order valence-corrected chi connectivity index (χ0v) is 11.9. The molecule has 19 heavy (non-hydrogen) atoms. The van der Waals surface area contributed by atoms with Crippen LogP contribution < -0.4 is 0 Å². The van der Waals surface area contributed by atoms with E-state index in [1.54, 1.807) is 6.20 Å². The van der Waals surface area contributed by atoms with E-state index in [1.807, 2.05) is 25.1 Å². The van der Waals surface area contributed by atoms with Gasteiger partial charge in [0.05, 0.1) is 12.2 Å². The lowest BCUT2D eigenvalue weighted by atomic mass is 9.44. The van der Waals surface area contributed by atoms with Crippen LogP contribution in [0.1, 0.15) is 39.3 Å². The summed E-state index contributed by atoms with van der Waals surface area (Å²) in [5, 5.41) is 10.8. The standard InChI is InChI=1S/C16H22N2O/c1-15(2)11-8-13(15)16(3,19)14(9-11)18-10-12-6-4-5-7-17-12/h4-7,11,13,19H,8-10H2,1-3H3/t11-,13-,16+/m0/s1. The Labute approximate surface area is 114 Å². The molecule has 2 bridgehead atoms. The highest BCUT2D eigenvalue weighted by molar-refractivity contribution is 5.94. The third kappa shape index (κ3) is 1.91. The van der Waals surface area contributed by atoms with Crippen LogP contribution in [0.4, 0.5) is 0 Å². The Bertz CT molecular complexity index is 505. The Morgan fingerprint density at radius 3 is 2.74 bits per heavy atom. The summed E-state index contributed by atoms with van der Waals surface area (Å²) in [6, 6.07) is 5.86. The summed E-state index contributed by atoms with van der Waals surface area (Å²) in [7, 11) is 0. The third-order valence-electron chi connectivity index (χ3n) is 5.33. The number of nitrogens with zero attached hydrogens (tertiary/aromatic N) is 2. The fourth-order valence-corrected chi connectivity index (χ4v) is 3.85. The second-order valence-corrected chi connectivity index (χ2v) is 6.74. The van der Waals surface area contributed by atoms with Gasteiger partial charge in [-0.1, -0.05) is 19.9 Å². The van der Waals surface area contributed by atoms with Gasteiger partial charge in [0.1, 0.15) is 5.60 Å². The van der Waals surface area contributed by atoms with Crippen molar-refractivity contribution in [1.82, 2.24) is 4.98 Å². The smallest absolute Gasteiger partial charge is 0.103 e. The van der Waals surface area contributed by atoms with Crippen molar-refractivity contribution < 1.29 is 5.11 Å². The molecule has 102 valence electrons. The SMILES string of the molecule is CC1(C)[C@@H]2CC(=NCc3ccccn3)[C@](C)(O)[C@H]1C2. The molecule has 3 fully saturated rings. The molecule has 3 nitrogen and oxygen atoms in total. The lowest BCUT2D eigenvalue weighted by Gasteiger charge is -2.62. The molecule has 3 aliphatic rings. The van der Waals surface area contributed by atoms with Gasteiger partial charge in [-0.3, -0.25) is 9.98 Å². The van der Waals surface area contributed by atoms with E-state index in [0.717, 1.165) is 24.2 Å². The predicted octanol–water partition coefficient (Wildman–Crippen LogP) is 2.84. The molecule has 0 unspecified atom stereocenters. The van der Waals surface area contributed by atoms with Crippen molar-refractivity contribution in [2.45, 2.75) is 45.8 Å². The summed E-state index contributed by atoms with van der Waals surface area (Å²) in [5.41, 5.74) is 1.45. The van der Waals surface area contributed by atoms with Crippen LogP contribution in [-0.4, -0.2) is 21.4 Å². The number of hydrogen-bond acceptors (Lipinski definition) is 3. The van der Waals surface area contributed by atoms with Gasteiger partial charge in [-0.15, -0.1) is 0 Å². The van der Waals surface area contributed by atoms with Gasteiger partial charge in [0.15, 0.2) is 0 Å². The summed E-state index contributed by atoms with van der Waals surface area (Å²) < 4.78 is 0. The molecule has 1 N–H and O–H groups in total. The maximum Gasteiger partial charge on any atom is 0.103 e. The van der Waals surface area contributed by atoms with Gasteiger partial charge in [-0.05, 0) is 49.1 Å². The number of fused-ring (bicyclic) bond motifs is 2. The molecule has 3 heteroatoms. The minimum Gasteiger partial charge on any atom is -0.384 e. The lowest BCUT2D eigenvalue weighted by Crippen LogP contribution is -2.64. The number of aromatic nitrogens is 1. The van der Waals surface area contributed by atoms with Crippen molar-refractivity contribution >= 4 is 5.71 Å². The molecule has 3 saturated carbocycles. The Kier molecular flexibility index (Phi) is 2.79. The van der Waals surface area contributed by atoms with Crippen LogP contribution in [0.5, 0.6) is 0 Å². The third-order valence-corrected chi connectivity index (χ3v) is 5.33. The second kappa shape index (κ2) is 4.14. The van der Waals surface area contributed by atoms with E-state index in [4.69, 9.17) is 0 Å². The Hall–Kier alpha value is -1.22. The molecule has 3 aliphatic carbocycles. The minimum atomic E-state index is -0.743. The highest BCUT2D eigenvalue weighted by atomic mass is 16.3. The van der Waals surface area contributed by atoms with E-state index < -0.39 is 5.60 Å². The predicted molar refractivity (Wildman–Crippen MR) is 76.0 cm³/mol. The average molecular weight is 258 g/mol. The maximum absolute atomic E-state index is 10.8. The van der Waals surface area contributed by atoms with E-state index in [0.29, 0.717) is 18.4 Å². The van der Waals surface area contributed by atoms with Gasteiger partial charge >= 0.3 is 0 Å². The molecule has 0 saturated heterocycles. The molecule has 1 aromatic rings. The lowest BCUT2D eigenvalue weighted by molar-refractivity contribution is -0.134. The molecule has 3 atom stereocenters. The summed E-state index contributed by atoms with van der Waals surface area (Å²) in [5.74, 6) is 1.03. The summed E-state index contributed by atoms with van der Waals surface area (Å²) in [6.07, 6.45) is 3.86. The van der Waals surface area contributed by atoms with Crippen molar-refractivity contribution in [3.63, 3.8) is 0 Å². The van der Waals surface area contributed by atoms with E-state index >= 15 is 0 Å². The van der Waals surface area contributed by atoms with Crippen LogP contribution in [-0.2, 0) is 6.54 Å². The summed E-state index contributed by atoms with van der Waals surface area (Å²) in [4.78, 5) is 8.94. The van der Waals surface area contributed by atoms with E-state index in [9.17, 15) is 5.11 Å². The first-order valence-corrected chi connectivity index (χ1v) is 7.08. The van der Waals surface area contributed by atoms with Gasteiger partial charge in [0.25, 0.3) is 0 Å². The molecule has 0 radical (unpaired) electrons. The van der Waals surface area contributed by atoms with Crippen molar-refractivity contribution in [3.05, 3.63) is 30.1 Å². The normalized spacial score (nSPS) is 38.0. The van der Waals surface area contributed by atoms with Crippen LogP contribution in [0, 0.1) is 17.3 Å². The van der Waals surface area contributed by atoms with E-state index in [1.165, 1.54) is 0 Å². The highest BCUT2D eigenvalue weighted by Gasteiger charge is 2.61. The fraction of sp³-hybridized carbons (Fsp3) is 0.625. The maximum atomic E-state index is 10.8. The quantitative estimate of drug-likeness (QED) is 0.886. The largest absolute Gasteiger partial charge is 0.384 e. The monoisotopic (exact) mass is 258 g/mol. The Balaban J connectivity index is 1.80. The van der Waals surface area contributed by atoms with Crippen molar-refractivity contribution in [2.75, 3.05) is 0 Å². The van der Waals surface area contributed by atoms with Crippen LogP contribution in [0.15, 0.2) is 29.4 Å². The van der Waals surface area contributed by atoms with Crippen molar-refractivity contribution in [2.24, 2.45) is 22.2 Å². The minimum absolute atomic E-state index is 0.257. The fourth-order valence-electron chi connectivity index (χ4n) is 3.85. The van der Waals surface area contributed by atoms with E-state index in [2.05, 4.69) is 23.8 Å². The zero-order valence-electron chi connectivity index (χ0n) is 11.9. The summed E-state index contributed by atoms with van der Waals surface area (Å²) >= 11 is 0. The van der Waals surface area contributed by atoms with Crippen LogP contribution in [0.2, 0.25) is 0 Å². The molecular weight excluding hydrogens is 236 g/mol. The molecular formula is C16H22N2O. The highest BCUT2D eigenvalue weighted by Crippen LogP contribution is 2.61. The first-order valence-electron chi connectivity index (χ1n) is 7.08. The van der Waals surface area contributed by atoms with Crippen LogP contribution >= 0.6 is 0 Å². The Morgan fingerprint density at radius 1 is 1.37 bits per heavy atom. The second-order valence-electron chi connectivity index (χ2n) is 6.74. The zero-order chi connectivity index (χ0) is 13.7. The van der Waals surface area contributed by atoms with Crippen molar-refractivity contribution in [3.8, 4) is 0 Å². The molecule has 4 rings (SSSR count).